The molecule has 0 bridgehead atoms. The van der Waals surface area contributed by atoms with Gasteiger partial charge in [0.15, 0.2) is 17.3 Å². The zero-order valence-corrected chi connectivity index (χ0v) is 14.4. The Morgan fingerprint density at radius 3 is 2.43 bits per heavy atom. The van der Waals surface area contributed by atoms with Gasteiger partial charge in [0.05, 0.1) is 14.2 Å². The highest BCUT2D eigenvalue weighted by Crippen LogP contribution is 2.31. The van der Waals surface area contributed by atoms with E-state index < -0.39 is 0 Å². The van der Waals surface area contributed by atoms with E-state index in [2.05, 4.69) is 6.92 Å². The molecule has 4 heteroatoms. The quantitative estimate of drug-likeness (QED) is 0.419. The SMILES string of the molecule is CCSc1ccc(C(=O)/C=C/c2cccc(OC)c2OC)cc1. The van der Waals surface area contributed by atoms with E-state index in [9.17, 15) is 4.79 Å². The van der Waals surface area contributed by atoms with Crippen LogP contribution in [0.25, 0.3) is 6.08 Å². The second-order valence-electron chi connectivity index (χ2n) is 4.74. The Morgan fingerprint density at radius 2 is 1.83 bits per heavy atom. The predicted molar refractivity (Wildman–Crippen MR) is 95.8 cm³/mol. The van der Waals surface area contributed by atoms with E-state index in [1.54, 1.807) is 38.1 Å². The number of rotatable bonds is 7. The van der Waals surface area contributed by atoms with E-state index in [4.69, 9.17) is 9.47 Å². The lowest BCUT2D eigenvalue weighted by Crippen LogP contribution is -1.95. The summed E-state index contributed by atoms with van der Waals surface area (Å²) in [6, 6.07) is 13.2. The highest BCUT2D eigenvalue weighted by molar-refractivity contribution is 7.99. The van der Waals surface area contributed by atoms with Crippen molar-refractivity contribution in [1.29, 1.82) is 0 Å². The third-order valence-corrected chi connectivity index (χ3v) is 4.19. The maximum atomic E-state index is 12.3. The van der Waals surface area contributed by atoms with E-state index in [1.165, 1.54) is 4.90 Å². The lowest BCUT2D eigenvalue weighted by Gasteiger charge is -2.09. The van der Waals surface area contributed by atoms with E-state index in [0.29, 0.717) is 17.1 Å². The number of allylic oxidation sites excluding steroid dienone is 1. The molecule has 2 rings (SSSR count). The van der Waals surface area contributed by atoms with Crippen molar-refractivity contribution >= 4 is 23.6 Å². The van der Waals surface area contributed by atoms with Crippen LogP contribution in [0.15, 0.2) is 53.4 Å². The van der Waals surface area contributed by atoms with Crippen LogP contribution in [0, 0.1) is 0 Å². The number of ketones is 1. The summed E-state index contributed by atoms with van der Waals surface area (Å²) in [6.45, 7) is 2.11. The van der Waals surface area contributed by atoms with Crippen LogP contribution in [-0.2, 0) is 0 Å². The van der Waals surface area contributed by atoms with Gasteiger partial charge in [-0.3, -0.25) is 4.79 Å². The largest absolute Gasteiger partial charge is 0.493 e. The molecule has 0 saturated carbocycles. The molecular weight excluding hydrogens is 308 g/mol. The van der Waals surface area contributed by atoms with E-state index in [-0.39, 0.29) is 5.78 Å². The molecule has 0 amide bonds. The van der Waals surface area contributed by atoms with Gasteiger partial charge < -0.3 is 9.47 Å². The lowest BCUT2D eigenvalue weighted by atomic mass is 10.1. The molecule has 2 aromatic rings. The number of hydrogen-bond acceptors (Lipinski definition) is 4. The minimum atomic E-state index is -0.0390. The first kappa shape index (κ1) is 17.2. The highest BCUT2D eigenvalue weighted by atomic mass is 32.2. The average molecular weight is 328 g/mol. The van der Waals surface area contributed by atoms with Gasteiger partial charge in [0.25, 0.3) is 0 Å². The molecule has 0 N–H and O–H groups in total. The van der Waals surface area contributed by atoms with E-state index >= 15 is 0 Å². The van der Waals surface area contributed by atoms with Crippen molar-refractivity contribution < 1.29 is 14.3 Å². The Kier molecular flexibility index (Phi) is 6.29. The minimum Gasteiger partial charge on any atom is -0.493 e. The zero-order valence-electron chi connectivity index (χ0n) is 13.5. The molecule has 0 radical (unpaired) electrons. The molecule has 0 spiro atoms. The standard InChI is InChI=1S/C19H20O3S/c1-4-23-16-11-8-14(9-12-16)17(20)13-10-15-6-5-7-18(21-2)19(15)22-3/h5-13H,4H2,1-3H3/b13-10+. The van der Waals surface area contributed by atoms with Gasteiger partial charge in [-0.25, -0.2) is 0 Å². The molecule has 0 aliphatic heterocycles. The van der Waals surface area contributed by atoms with Crippen molar-refractivity contribution in [2.24, 2.45) is 0 Å². The van der Waals surface area contributed by atoms with Crippen molar-refractivity contribution in [2.45, 2.75) is 11.8 Å². The number of ether oxygens (including phenoxy) is 2. The Bertz CT molecular complexity index is 690. The van der Waals surface area contributed by atoms with Gasteiger partial charge in [0.1, 0.15) is 0 Å². The molecular formula is C19H20O3S. The molecule has 23 heavy (non-hydrogen) atoms. The van der Waals surface area contributed by atoms with Crippen molar-refractivity contribution in [1.82, 2.24) is 0 Å². The summed E-state index contributed by atoms with van der Waals surface area (Å²) >= 11 is 1.76. The summed E-state index contributed by atoms with van der Waals surface area (Å²) in [5, 5.41) is 0. The topological polar surface area (TPSA) is 35.5 Å². The van der Waals surface area contributed by atoms with Gasteiger partial charge in [-0.15, -0.1) is 11.8 Å². The molecule has 3 nitrogen and oxygen atoms in total. The van der Waals surface area contributed by atoms with Gasteiger partial charge in [-0.2, -0.15) is 0 Å². The molecule has 0 fully saturated rings. The Morgan fingerprint density at radius 1 is 1.09 bits per heavy atom. The first-order valence-electron chi connectivity index (χ1n) is 7.35. The second kappa shape index (κ2) is 8.44. The summed E-state index contributed by atoms with van der Waals surface area (Å²) in [7, 11) is 3.17. The fourth-order valence-electron chi connectivity index (χ4n) is 2.19. The monoisotopic (exact) mass is 328 g/mol. The third-order valence-electron chi connectivity index (χ3n) is 3.30. The third kappa shape index (κ3) is 4.39. The van der Waals surface area contributed by atoms with Crippen molar-refractivity contribution in [3.05, 3.63) is 59.7 Å². The fraction of sp³-hybridized carbons (Fsp3) is 0.211. The normalized spacial score (nSPS) is 10.7. The molecule has 0 aliphatic rings. The van der Waals surface area contributed by atoms with E-state index in [1.807, 2.05) is 42.5 Å². The number of carbonyl (C=O) groups excluding carboxylic acids is 1. The number of para-hydroxylation sites is 1. The van der Waals surface area contributed by atoms with Crippen LogP contribution in [0.2, 0.25) is 0 Å². The Balaban J connectivity index is 2.18. The van der Waals surface area contributed by atoms with Gasteiger partial charge in [0, 0.05) is 16.0 Å². The smallest absolute Gasteiger partial charge is 0.185 e. The molecule has 0 aliphatic carbocycles. The summed E-state index contributed by atoms with van der Waals surface area (Å²) in [5.74, 6) is 2.24. The van der Waals surface area contributed by atoms with Crippen molar-refractivity contribution in [3.8, 4) is 11.5 Å². The van der Waals surface area contributed by atoms with Crippen LogP contribution in [0.5, 0.6) is 11.5 Å². The molecule has 0 unspecified atom stereocenters. The lowest BCUT2D eigenvalue weighted by molar-refractivity contribution is 0.104. The van der Waals surface area contributed by atoms with Crippen molar-refractivity contribution in [2.75, 3.05) is 20.0 Å². The van der Waals surface area contributed by atoms with Crippen LogP contribution in [0.3, 0.4) is 0 Å². The number of benzene rings is 2. The minimum absolute atomic E-state index is 0.0390. The summed E-state index contributed by atoms with van der Waals surface area (Å²) < 4.78 is 10.6. The first-order valence-corrected chi connectivity index (χ1v) is 8.34. The number of thioether (sulfide) groups is 1. The summed E-state index contributed by atoms with van der Waals surface area (Å²) in [5.41, 5.74) is 1.47. The molecule has 0 heterocycles. The Labute approximate surface area is 141 Å². The van der Waals surface area contributed by atoms with Crippen LogP contribution in [-0.4, -0.2) is 25.8 Å². The van der Waals surface area contributed by atoms with Gasteiger partial charge >= 0.3 is 0 Å². The van der Waals surface area contributed by atoms with E-state index in [0.717, 1.165) is 11.3 Å². The molecule has 0 saturated heterocycles. The summed E-state index contributed by atoms with van der Waals surface area (Å²) in [4.78, 5) is 13.4. The van der Waals surface area contributed by atoms with Crippen LogP contribution in [0.1, 0.15) is 22.8 Å². The number of methoxy groups -OCH3 is 2. The van der Waals surface area contributed by atoms with Crippen LogP contribution in [0.4, 0.5) is 0 Å². The van der Waals surface area contributed by atoms with Gasteiger partial charge in [0.2, 0.25) is 0 Å². The maximum absolute atomic E-state index is 12.3. The average Bonchev–Trinajstić information content (AvgIpc) is 2.60. The van der Waals surface area contributed by atoms with Crippen molar-refractivity contribution in [3.63, 3.8) is 0 Å². The molecule has 2 aromatic carbocycles. The highest BCUT2D eigenvalue weighted by Gasteiger charge is 2.08. The zero-order chi connectivity index (χ0) is 16.7. The summed E-state index contributed by atoms with van der Waals surface area (Å²) in [6.07, 6.45) is 3.30. The first-order chi connectivity index (χ1) is 11.2. The second-order valence-corrected chi connectivity index (χ2v) is 6.08. The van der Waals surface area contributed by atoms with Gasteiger partial charge in [-0.1, -0.05) is 19.1 Å². The molecule has 0 atom stereocenters. The fourth-order valence-corrected chi connectivity index (χ4v) is 2.85. The van der Waals surface area contributed by atoms with Crippen LogP contribution >= 0.6 is 11.8 Å². The number of hydrogen-bond donors (Lipinski definition) is 0. The molecule has 120 valence electrons. The number of carbonyl (C=O) groups is 1. The Hall–Kier alpha value is -2.20. The maximum Gasteiger partial charge on any atom is 0.185 e. The van der Waals surface area contributed by atoms with Crippen LogP contribution < -0.4 is 9.47 Å². The molecule has 0 aromatic heterocycles. The van der Waals surface area contributed by atoms with Gasteiger partial charge in [-0.05, 0) is 48.2 Å². The predicted octanol–water partition coefficient (Wildman–Crippen LogP) is 4.71.